The van der Waals surface area contributed by atoms with E-state index in [1.807, 2.05) is 0 Å². The van der Waals surface area contributed by atoms with Gasteiger partial charge in [0.1, 0.15) is 36.6 Å². The average Bonchev–Trinajstić information content (AvgIpc) is 3.01. The minimum absolute atomic E-state index is 0.0350. The lowest BCUT2D eigenvalue weighted by Gasteiger charge is -2.38. The fraction of sp³-hybridized carbons (Fsp3) is 0.857. The molecule has 0 aromatic carbocycles. The molecule has 0 radical (unpaired) electrons. The number of nitrogens with one attached hydrogen (secondary N) is 3. The predicted octanol–water partition coefficient (Wildman–Crippen LogP) is -5.63. The van der Waals surface area contributed by atoms with Crippen molar-refractivity contribution in [2.75, 3.05) is 52.5 Å². The minimum Gasteiger partial charge on any atom is -0.388 e. The van der Waals surface area contributed by atoms with Gasteiger partial charge in [-0.05, 0) is 26.7 Å². The molecule has 2 heterocycles. The summed E-state index contributed by atoms with van der Waals surface area (Å²) < 4.78 is 21.4. The lowest BCUT2D eigenvalue weighted by molar-refractivity contribution is -0.292. The highest BCUT2D eigenvalue weighted by Crippen LogP contribution is 2.22. The Labute approximate surface area is 272 Å². The standard InChI is InChI=1S/C28H51N5O14/c1-15-21(38)23(40)25(42)27(46-15)44-10-8-31-19(36)13-33(12-18(35)30-7-5-3-4-6-17(29)34)14-20(37)32-9-11-45-28-26(43)24(41)22(39)16(2)47-28/h15-16,21-28,38-43H,3-14H2,1-2H3,(H2,29,34)(H,30,35)(H,31,36)(H,32,37)/t15-,16-,21+,22+,23+,24+,25-,26-,27+,28+/m0/s1. The summed E-state index contributed by atoms with van der Waals surface area (Å²) in [5.74, 6) is -1.93. The van der Waals surface area contributed by atoms with Gasteiger partial charge in [-0.2, -0.15) is 0 Å². The third-order valence-electron chi connectivity index (χ3n) is 7.55. The van der Waals surface area contributed by atoms with Crippen molar-refractivity contribution in [1.29, 1.82) is 0 Å². The van der Waals surface area contributed by atoms with Crippen LogP contribution in [0.25, 0.3) is 0 Å². The molecule has 0 spiro atoms. The van der Waals surface area contributed by atoms with Gasteiger partial charge in [-0.3, -0.25) is 24.1 Å². The van der Waals surface area contributed by atoms with Gasteiger partial charge >= 0.3 is 0 Å². The molecule has 2 fully saturated rings. The van der Waals surface area contributed by atoms with E-state index in [4.69, 9.17) is 24.7 Å². The van der Waals surface area contributed by atoms with Gasteiger partial charge in [0.25, 0.3) is 0 Å². The summed E-state index contributed by atoms with van der Waals surface area (Å²) in [6.07, 6.45) is -10.4. The lowest BCUT2D eigenvalue weighted by Crippen LogP contribution is -2.57. The molecule has 0 bridgehead atoms. The van der Waals surface area contributed by atoms with Gasteiger partial charge in [0.2, 0.25) is 23.6 Å². The Bertz CT molecular complexity index is 939. The summed E-state index contributed by atoms with van der Waals surface area (Å²) >= 11 is 0. The average molecular weight is 682 g/mol. The first-order valence-corrected chi connectivity index (χ1v) is 15.6. The first kappa shape index (κ1) is 40.6. The topological polar surface area (TPSA) is 292 Å². The number of nitrogens with two attached hydrogens (primary N) is 1. The molecule has 4 amide bonds. The molecule has 0 aromatic rings. The molecule has 47 heavy (non-hydrogen) atoms. The summed E-state index contributed by atoms with van der Waals surface area (Å²) in [5, 5.41) is 67.3. The van der Waals surface area contributed by atoms with E-state index in [0.29, 0.717) is 25.8 Å². The van der Waals surface area contributed by atoms with Gasteiger partial charge in [-0.1, -0.05) is 6.42 Å². The zero-order valence-electron chi connectivity index (χ0n) is 26.7. The number of nitrogens with zero attached hydrogens (tertiary/aromatic N) is 1. The summed E-state index contributed by atoms with van der Waals surface area (Å²) in [6, 6.07) is 0. The Morgan fingerprint density at radius 3 is 1.43 bits per heavy atom. The second kappa shape index (κ2) is 20.7. The molecule has 0 aliphatic carbocycles. The summed E-state index contributed by atoms with van der Waals surface area (Å²) in [4.78, 5) is 50.0. The Morgan fingerprint density at radius 2 is 1.02 bits per heavy atom. The number of amides is 4. The van der Waals surface area contributed by atoms with Crippen molar-refractivity contribution in [2.24, 2.45) is 5.73 Å². The highest BCUT2D eigenvalue weighted by atomic mass is 16.7. The Hall–Kier alpha value is -2.56. The highest BCUT2D eigenvalue weighted by Gasteiger charge is 2.43. The van der Waals surface area contributed by atoms with Crippen LogP contribution in [-0.2, 0) is 38.1 Å². The number of aliphatic hydroxyl groups is 6. The van der Waals surface area contributed by atoms with E-state index >= 15 is 0 Å². The molecule has 10 atom stereocenters. The fourth-order valence-electron chi connectivity index (χ4n) is 4.81. The van der Waals surface area contributed by atoms with Crippen molar-refractivity contribution in [3.05, 3.63) is 0 Å². The second-order valence-corrected chi connectivity index (χ2v) is 11.6. The largest absolute Gasteiger partial charge is 0.388 e. The van der Waals surface area contributed by atoms with Crippen LogP contribution in [0.1, 0.15) is 39.5 Å². The van der Waals surface area contributed by atoms with Gasteiger partial charge in [0.05, 0.1) is 45.1 Å². The molecule has 19 nitrogen and oxygen atoms in total. The third kappa shape index (κ3) is 14.2. The normalized spacial score (nSPS) is 30.9. The van der Waals surface area contributed by atoms with Crippen LogP contribution in [0.4, 0.5) is 0 Å². The molecule has 2 aliphatic rings. The van der Waals surface area contributed by atoms with Crippen molar-refractivity contribution in [3.63, 3.8) is 0 Å². The van der Waals surface area contributed by atoms with Crippen molar-refractivity contribution in [2.45, 2.75) is 101 Å². The summed E-state index contributed by atoms with van der Waals surface area (Å²) in [7, 11) is 0. The van der Waals surface area contributed by atoms with Crippen molar-refractivity contribution in [1.82, 2.24) is 20.9 Å². The molecule has 0 saturated carbocycles. The molecule has 11 N–H and O–H groups in total. The van der Waals surface area contributed by atoms with Crippen molar-refractivity contribution < 1.29 is 68.8 Å². The number of aliphatic hydroxyl groups excluding tert-OH is 6. The summed E-state index contributed by atoms with van der Waals surface area (Å²) in [6.45, 7) is 2.03. The number of primary amides is 1. The molecule has 0 unspecified atom stereocenters. The van der Waals surface area contributed by atoms with E-state index in [9.17, 15) is 49.8 Å². The molecular formula is C28H51N5O14. The van der Waals surface area contributed by atoms with Crippen LogP contribution < -0.4 is 21.7 Å². The molecule has 2 saturated heterocycles. The van der Waals surface area contributed by atoms with E-state index < -0.39 is 85.0 Å². The maximum absolute atomic E-state index is 12.6. The molecule has 0 aromatic heterocycles. The van der Waals surface area contributed by atoms with Gasteiger partial charge in [0, 0.05) is 26.1 Å². The van der Waals surface area contributed by atoms with Crippen molar-refractivity contribution >= 4 is 23.6 Å². The maximum atomic E-state index is 12.6. The molecule has 2 aliphatic heterocycles. The van der Waals surface area contributed by atoms with E-state index in [2.05, 4.69) is 16.0 Å². The Balaban J connectivity index is 1.81. The Morgan fingerprint density at radius 1 is 0.617 bits per heavy atom. The van der Waals surface area contributed by atoms with Crippen LogP contribution >= 0.6 is 0 Å². The highest BCUT2D eigenvalue weighted by molar-refractivity contribution is 5.84. The van der Waals surface area contributed by atoms with Crippen LogP contribution in [0.5, 0.6) is 0 Å². The van der Waals surface area contributed by atoms with E-state index in [1.165, 1.54) is 18.7 Å². The molecule has 272 valence electrons. The van der Waals surface area contributed by atoms with Gasteiger partial charge < -0.3 is 71.3 Å². The zero-order chi connectivity index (χ0) is 35.1. The predicted molar refractivity (Wildman–Crippen MR) is 160 cm³/mol. The van der Waals surface area contributed by atoms with Crippen LogP contribution in [0.3, 0.4) is 0 Å². The zero-order valence-corrected chi connectivity index (χ0v) is 26.7. The second-order valence-electron chi connectivity index (χ2n) is 11.6. The number of carbonyl (C=O) groups is 4. The summed E-state index contributed by atoms with van der Waals surface area (Å²) in [5.41, 5.74) is 5.12. The van der Waals surface area contributed by atoms with E-state index in [1.54, 1.807) is 0 Å². The minimum atomic E-state index is -1.50. The van der Waals surface area contributed by atoms with Crippen molar-refractivity contribution in [3.8, 4) is 0 Å². The lowest BCUT2D eigenvalue weighted by atomic mass is 10.0. The van der Waals surface area contributed by atoms with Gasteiger partial charge in [0.15, 0.2) is 12.6 Å². The quantitative estimate of drug-likeness (QED) is 0.0536. The number of rotatable bonds is 20. The monoisotopic (exact) mass is 681 g/mol. The van der Waals surface area contributed by atoms with Crippen LogP contribution in [0, 0.1) is 0 Å². The number of unbranched alkanes of at least 4 members (excludes halogenated alkanes) is 2. The maximum Gasteiger partial charge on any atom is 0.234 e. The molecule has 2 rings (SSSR count). The first-order valence-electron chi connectivity index (χ1n) is 15.6. The SMILES string of the molecule is C[C@@H]1O[C@@H](OCCNC(=O)CN(CC(=O)NCCCCCC(N)=O)CC(=O)NCCO[C@@H]2O[C@@H](C)[C@@H](O)[C@@H](O)[C@@H]2O)[C@@H](O)[C@H](O)[C@@H]1O. The molecule has 19 heteroatoms. The van der Waals surface area contributed by atoms with Gasteiger partial charge in [-0.25, -0.2) is 0 Å². The number of hydrogen-bond donors (Lipinski definition) is 10. The van der Waals surface area contributed by atoms with Crippen LogP contribution in [0.15, 0.2) is 0 Å². The van der Waals surface area contributed by atoms with Crippen LogP contribution in [0.2, 0.25) is 0 Å². The number of ether oxygens (including phenoxy) is 4. The van der Waals surface area contributed by atoms with Crippen LogP contribution in [-0.4, -0.2) is 173 Å². The molecular weight excluding hydrogens is 630 g/mol. The third-order valence-corrected chi connectivity index (χ3v) is 7.55. The van der Waals surface area contributed by atoms with Gasteiger partial charge in [-0.15, -0.1) is 0 Å². The first-order chi connectivity index (χ1) is 22.2. The number of hydrogen-bond acceptors (Lipinski definition) is 15. The Kier molecular flexibility index (Phi) is 17.9. The van der Waals surface area contributed by atoms with E-state index in [-0.39, 0.29) is 52.4 Å². The van der Waals surface area contributed by atoms with E-state index in [0.717, 1.165) is 0 Å². The number of carbonyl (C=O) groups excluding carboxylic acids is 4. The smallest absolute Gasteiger partial charge is 0.234 e. The fourth-order valence-corrected chi connectivity index (χ4v) is 4.81.